The number of carbonyl (C=O) groups excluding carboxylic acids is 1. The van der Waals surface area contributed by atoms with Crippen LogP contribution in [-0.4, -0.2) is 10.9 Å². The summed E-state index contributed by atoms with van der Waals surface area (Å²) in [5, 5.41) is 2.47. The molecule has 0 fully saturated rings. The average Bonchev–Trinajstić information content (AvgIpc) is 2.15. The lowest BCUT2D eigenvalue weighted by Gasteiger charge is -2.18. The zero-order valence-electron chi connectivity index (χ0n) is 7.28. The Morgan fingerprint density at radius 2 is 1.86 bits per heavy atom. The fraction of sp³-hybridized carbons (Fsp3) is 0.222. The Hall–Kier alpha value is -0.930. The van der Waals surface area contributed by atoms with Gasteiger partial charge in [0.05, 0.1) is 6.04 Å². The Morgan fingerprint density at radius 3 is 2.29 bits per heavy atom. The van der Waals surface area contributed by atoms with Crippen LogP contribution in [-0.2, 0) is 0 Å². The van der Waals surface area contributed by atoms with Crippen molar-refractivity contribution < 1.29 is 4.79 Å². The van der Waals surface area contributed by atoms with Crippen molar-refractivity contribution in [2.24, 2.45) is 5.73 Å². The summed E-state index contributed by atoms with van der Waals surface area (Å²) in [4.78, 5) is 9.95. The molecule has 0 saturated heterocycles. The van der Waals surface area contributed by atoms with Crippen LogP contribution in [0.25, 0.3) is 0 Å². The molecule has 0 unspecified atom stereocenters. The molecule has 1 atom stereocenters. The second kappa shape index (κ2) is 5.08. The molecule has 0 aliphatic carbocycles. The average molecular weight is 233 g/mol. The van der Waals surface area contributed by atoms with Crippen molar-refractivity contribution in [3.63, 3.8) is 0 Å². The van der Waals surface area contributed by atoms with E-state index in [1.807, 2.05) is 30.3 Å². The van der Waals surface area contributed by atoms with Gasteiger partial charge in [0.15, 0.2) is 0 Å². The Morgan fingerprint density at radius 1 is 1.29 bits per heavy atom. The third kappa shape index (κ3) is 3.09. The zero-order valence-corrected chi connectivity index (χ0v) is 8.79. The Kier molecular flexibility index (Phi) is 4.04. The minimum absolute atomic E-state index is 0.475. The van der Waals surface area contributed by atoms with E-state index in [0.29, 0.717) is 0 Å². The normalized spacial score (nSPS) is 12.5. The van der Waals surface area contributed by atoms with Gasteiger partial charge < -0.3 is 11.1 Å². The lowest BCUT2D eigenvalue weighted by molar-refractivity contribution is 0.246. The number of carbonyl (C=O) groups is 1. The molecule has 1 aromatic carbocycles. The van der Waals surface area contributed by atoms with Crippen LogP contribution in [0, 0.1) is 0 Å². The fourth-order valence-electron chi connectivity index (χ4n) is 1.11. The van der Waals surface area contributed by atoms with Gasteiger partial charge in [0.25, 0.3) is 0 Å². The number of nitrogens with one attached hydrogen (secondary N) is 1. The van der Waals surface area contributed by atoms with Gasteiger partial charge >= 0.3 is 6.03 Å². The van der Waals surface area contributed by atoms with E-state index < -0.39 is 16.9 Å². The highest BCUT2D eigenvalue weighted by Gasteiger charge is 2.19. The maximum atomic E-state index is 10.7. The van der Waals surface area contributed by atoms with Crippen LogP contribution in [0.5, 0.6) is 0 Å². The van der Waals surface area contributed by atoms with Crippen LogP contribution in [0.4, 0.5) is 4.79 Å². The highest BCUT2D eigenvalue weighted by Crippen LogP contribution is 2.23. The quantitative estimate of drug-likeness (QED) is 0.772. The minimum Gasteiger partial charge on any atom is -0.352 e. The van der Waals surface area contributed by atoms with E-state index >= 15 is 0 Å². The second-order valence-corrected chi connectivity index (χ2v) is 3.90. The third-order valence-corrected chi connectivity index (χ3v) is 2.21. The van der Waals surface area contributed by atoms with Crippen molar-refractivity contribution in [3.8, 4) is 0 Å². The highest BCUT2D eigenvalue weighted by molar-refractivity contribution is 6.44. The molecule has 0 heterocycles. The minimum atomic E-state index is -0.732. The Bertz CT molecular complexity index is 303. The summed E-state index contributed by atoms with van der Waals surface area (Å²) >= 11 is 11.4. The van der Waals surface area contributed by atoms with Gasteiger partial charge in [0.2, 0.25) is 0 Å². The summed E-state index contributed by atoms with van der Waals surface area (Å²) in [6.07, 6.45) is 0. The summed E-state index contributed by atoms with van der Waals surface area (Å²) < 4.78 is 0. The first-order valence-corrected chi connectivity index (χ1v) is 4.87. The van der Waals surface area contributed by atoms with Crippen LogP contribution in [0.1, 0.15) is 11.6 Å². The SMILES string of the molecule is NC(=O)N[C@@H](c1ccccc1)C(Cl)Cl. The number of hydrogen-bond donors (Lipinski definition) is 2. The number of nitrogens with two attached hydrogens (primary N) is 1. The number of urea groups is 1. The molecule has 0 saturated carbocycles. The standard InChI is InChI=1S/C9H10Cl2N2O/c10-8(11)7(13-9(12)14)6-4-2-1-3-5-6/h1-5,7-8H,(H3,12,13,14)/t7-/m0/s1. The van der Waals surface area contributed by atoms with Crippen molar-refractivity contribution in [3.05, 3.63) is 35.9 Å². The topological polar surface area (TPSA) is 55.1 Å². The van der Waals surface area contributed by atoms with E-state index in [4.69, 9.17) is 28.9 Å². The first-order valence-electron chi connectivity index (χ1n) is 4.00. The van der Waals surface area contributed by atoms with Gasteiger partial charge in [-0.15, -0.1) is 23.2 Å². The van der Waals surface area contributed by atoms with Gasteiger partial charge in [0, 0.05) is 0 Å². The molecule has 0 aromatic heterocycles. The molecule has 0 radical (unpaired) electrons. The monoisotopic (exact) mass is 232 g/mol. The smallest absolute Gasteiger partial charge is 0.312 e. The molecular weight excluding hydrogens is 223 g/mol. The van der Waals surface area contributed by atoms with Crippen molar-refractivity contribution >= 4 is 29.2 Å². The van der Waals surface area contributed by atoms with Crippen molar-refractivity contribution in [1.82, 2.24) is 5.32 Å². The second-order valence-electron chi connectivity index (χ2n) is 2.73. The van der Waals surface area contributed by atoms with Crippen molar-refractivity contribution in [1.29, 1.82) is 0 Å². The first kappa shape index (κ1) is 11.1. The molecule has 1 rings (SSSR count). The van der Waals surface area contributed by atoms with E-state index in [-0.39, 0.29) is 0 Å². The Balaban J connectivity index is 2.83. The molecule has 3 nitrogen and oxygen atoms in total. The summed E-state index contributed by atoms with van der Waals surface area (Å²) in [5.41, 5.74) is 5.82. The van der Waals surface area contributed by atoms with Crippen LogP contribution in [0.15, 0.2) is 30.3 Å². The lowest BCUT2D eigenvalue weighted by Crippen LogP contribution is -2.36. The summed E-state index contributed by atoms with van der Waals surface area (Å²) in [6, 6.07) is 8.05. The predicted molar refractivity (Wildman–Crippen MR) is 57.4 cm³/mol. The fourth-order valence-corrected chi connectivity index (χ4v) is 1.52. The predicted octanol–water partition coefficient (Wildman–Crippen LogP) is 2.20. The maximum absolute atomic E-state index is 10.7. The molecule has 0 bridgehead atoms. The molecule has 0 spiro atoms. The van der Waals surface area contributed by atoms with E-state index in [1.54, 1.807) is 0 Å². The summed E-state index contributed by atoms with van der Waals surface area (Å²) in [7, 11) is 0. The van der Waals surface area contributed by atoms with Gasteiger partial charge in [-0.25, -0.2) is 4.79 Å². The molecule has 1 aromatic rings. The van der Waals surface area contributed by atoms with Crippen LogP contribution < -0.4 is 11.1 Å². The van der Waals surface area contributed by atoms with Gasteiger partial charge in [-0.05, 0) is 5.56 Å². The molecule has 76 valence electrons. The van der Waals surface area contributed by atoms with Crippen LogP contribution in [0.2, 0.25) is 0 Å². The number of rotatable bonds is 3. The van der Waals surface area contributed by atoms with Gasteiger partial charge in [-0.3, -0.25) is 0 Å². The molecule has 3 N–H and O–H groups in total. The highest BCUT2D eigenvalue weighted by atomic mass is 35.5. The van der Waals surface area contributed by atoms with E-state index in [2.05, 4.69) is 5.32 Å². The number of alkyl halides is 2. The summed E-state index contributed by atoms with van der Waals surface area (Å²) in [5.74, 6) is 0. The first-order chi connectivity index (χ1) is 6.61. The molecule has 5 heteroatoms. The van der Waals surface area contributed by atoms with E-state index in [9.17, 15) is 4.79 Å². The van der Waals surface area contributed by atoms with Crippen LogP contribution in [0.3, 0.4) is 0 Å². The molecule has 2 amide bonds. The zero-order chi connectivity index (χ0) is 10.6. The van der Waals surface area contributed by atoms with E-state index in [1.165, 1.54) is 0 Å². The summed E-state index contributed by atoms with van der Waals surface area (Å²) in [6.45, 7) is 0. The van der Waals surface area contributed by atoms with Crippen molar-refractivity contribution in [2.75, 3.05) is 0 Å². The lowest BCUT2D eigenvalue weighted by atomic mass is 10.1. The molecular formula is C9H10Cl2N2O. The van der Waals surface area contributed by atoms with Crippen LogP contribution >= 0.6 is 23.2 Å². The van der Waals surface area contributed by atoms with Gasteiger partial charge in [-0.1, -0.05) is 30.3 Å². The maximum Gasteiger partial charge on any atom is 0.312 e. The molecule has 0 aliphatic rings. The number of primary amides is 1. The largest absolute Gasteiger partial charge is 0.352 e. The third-order valence-electron chi connectivity index (χ3n) is 1.71. The Labute approximate surface area is 92.2 Å². The van der Waals surface area contributed by atoms with Crippen molar-refractivity contribution in [2.45, 2.75) is 10.9 Å². The van der Waals surface area contributed by atoms with E-state index in [0.717, 1.165) is 5.56 Å². The number of hydrogen-bond acceptors (Lipinski definition) is 1. The molecule has 14 heavy (non-hydrogen) atoms. The number of halogens is 2. The molecule has 0 aliphatic heterocycles. The van der Waals surface area contributed by atoms with Gasteiger partial charge in [-0.2, -0.15) is 0 Å². The number of benzene rings is 1. The number of amides is 2. The van der Waals surface area contributed by atoms with Gasteiger partial charge in [0.1, 0.15) is 4.84 Å².